The zero-order chi connectivity index (χ0) is 24.6. The number of nitrogens with zero attached hydrogens (tertiary/aromatic N) is 1. The van der Waals surface area contributed by atoms with Crippen LogP contribution in [-0.2, 0) is 4.79 Å². The van der Waals surface area contributed by atoms with Gasteiger partial charge >= 0.3 is 0 Å². The monoisotopic (exact) mass is 462 g/mol. The summed E-state index contributed by atoms with van der Waals surface area (Å²) in [6, 6.07) is 29.3. The highest BCUT2D eigenvalue weighted by Gasteiger charge is 2.11. The van der Waals surface area contributed by atoms with Crippen LogP contribution in [0.4, 0.5) is 5.69 Å². The first-order chi connectivity index (χ1) is 17.1. The molecule has 0 saturated carbocycles. The van der Waals surface area contributed by atoms with Crippen molar-refractivity contribution >= 4 is 34.0 Å². The zero-order valence-corrected chi connectivity index (χ0v) is 19.7. The molecule has 0 fully saturated rings. The van der Waals surface area contributed by atoms with Gasteiger partial charge in [0, 0.05) is 11.3 Å². The molecular formula is C30H26N2O3. The highest BCUT2D eigenvalue weighted by Crippen LogP contribution is 2.31. The maximum atomic E-state index is 12.4. The van der Waals surface area contributed by atoms with Gasteiger partial charge in [0.1, 0.15) is 0 Å². The van der Waals surface area contributed by atoms with Crippen molar-refractivity contribution in [3.63, 3.8) is 0 Å². The summed E-state index contributed by atoms with van der Waals surface area (Å²) >= 11 is 0. The van der Waals surface area contributed by atoms with E-state index >= 15 is 0 Å². The Bertz CT molecular complexity index is 1430. The molecule has 4 rings (SSSR count). The minimum Gasteiger partial charge on any atom is -0.490 e. The number of amides is 1. The third-order valence-electron chi connectivity index (χ3n) is 5.44. The molecule has 0 radical (unpaired) electrons. The predicted molar refractivity (Wildman–Crippen MR) is 140 cm³/mol. The number of carbonyl (C=O) groups excluding carboxylic acids is 1. The molecule has 4 aromatic carbocycles. The highest BCUT2D eigenvalue weighted by molar-refractivity contribution is 6.01. The molecule has 0 heterocycles. The molecule has 0 unspecified atom stereocenters. The van der Waals surface area contributed by atoms with Gasteiger partial charge in [-0.1, -0.05) is 60.7 Å². The second kappa shape index (κ2) is 11.0. The van der Waals surface area contributed by atoms with Crippen LogP contribution in [0.3, 0.4) is 0 Å². The average molecular weight is 463 g/mol. The van der Waals surface area contributed by atoms with Gasteiger partial charge in [-0.25, -0.2) is 0 Å². The number of allylic oxidation sites excluding steroid dienone is 1. The van der Waals surface area contributed by atoms with Gasteiger partial charge in [-0.3, -0.25) is 4.79 Å². The molecule has 0 bridgehead atoms. The van der Waals surface area contributed by atoms with E-state index < -0.39 is 0 Å². The first-order valence-corrected chi connectivity index (χ1v) is 11.4. The Labute approximate surface area is 205 Å². The van der Waals surface area contributed by atoms with E-state index in [1.54, 1.807) is 6.07 Å². The number of fused-ring (bicyclic) bond motifs is 1. The van der Waals surface area contributed by atoms with Crippen molar-refractivity contribution in [2.45, 2.75) is 13.8 Å². The lowest BCUT2D eigenvalue weighted by Gasteiger charge is -2.13. The lowest BCUT2D eigenvalue weighted by atomic mass is 9.97. The van der Waals surface area contributed by atoms with Crippen molar-refractivity contribution in [2.75, 3.05) is 18.5 Å². The molecule has 5 nitrogen and oxygen atoms in total. The maximum absolute atomic E-state index is 12.4. The van der Waals surface area contributed by atoms with E-state index in [-0.39, 0.29) is 12.5 Å². The van der Waals surface area contributed by atoms with Crippen molar-refractivity contribution in [3.8, 4) is 17.6 Å². The van der Waals surface area contributed by atoms with E-state index in [9.17, 15) is 10.1 Å². The maximum Gasteiger partial charge on any atom is 0.262 e. The van der Waals surface area contributed by atoms with Crippen LogP contribution >= 0.6 is 0 Å². The molecule has 4 aromatic rings. The SMILES string of the molecule is CCOc1cc(/C=C(/C#N)c2cccc3ccccc23)ccc1OCC(=O)Nc1cccc(C)c1. The first kappa shape index (κ1) is 23.6. The Balaban J connectivity index is 1.55. The van der Waals surface area contributed by atoms with Crippen LogP contribution in [0, 0.1) is 18.3 Å². The van der Waals surface area contributed by atoms with Gasteiger partial charge in [0.25, 0.3) is 5.91 Å². The Morgan fingerprint density at radius 2 is 1.74 bits per heavy atom. The number of anilines is 1. The fourth-order valence-electron chi connectivity index (χ4n) is 3.86. The Hall–Kier alpha value is -4.56. The number of rotatable bonds is 8. The van der Waals surface area contributed by atoms with Gasteiger partial charge in [0.2, 0.25) is 0 Å². The molecule has 0 aliphatic rings. The van der Waals surface area contributed by atoms with E-state index in [0.29, 0.717) is 23.7 Å². The summed E-state index contributed by atoms with van der Waals surface area (Å²) < 4.78 is 11.5. The summed E-state index contributed by atoms with van der Waals surface area (Å²) in [7, 11) is 0. The van der Waals surface area contributed by atoms with Crippen LogP contribution in [0.15, 0.2) is 84.9 Å². The van der Waals surface area contributed by atoms with Crippen molar-refractivity contribution in [1.82, 2.24) is 0 Å². The largest absolute Gasteiger partial charge is 0.490 e. The summed E-state index contributed by atoms with van der Waals surface area (Å²) in [4.78, 5) is 12.4. The van der Waals surface area contributed by atoms with E-state index in [1.807, 2.05) is 98.8 Å². The van der Waals surface area contributed by atoms with Gasteiger partial charge in [0.15, 0.2) is 18.1 Å². The molecule has 5 heteroatoms. The van der Waals surface area contributed by atoms with Crippen LogP contribution < -0.4 is 14.8 Å². The lowest BCUT2D eigenvalue weighted by Crippen LogP contribution is -2.20. The second-order valence-corrected chi connectivity index (χ2v) is 8.04. The number of ether oxygens (including phenoxy) is 2. The quantitative estimate of drug-likeness (QED) is 0.236. The number of carbonyl (C=O) groups is 1. The highest BCUT2D eigenvalue weighted by atomic mass is 16.5. The lowest BCUT2D eigenvalue weighted by molar-refractivity contribution is -0.118. The number of nitriles is 1. The van der Waals surface area contributed by atoms with Gasteiger partial charge in [0.05, 0.1) is 18.2 Å². The second-order valence-electron chi connectivity index (χ2n) is 8.04. The van der Waals surface area contributed by atoms with Gasteiger partial charge in [-0.15, -0.1) is 0 Å². The summed E-state index contributed by atoms with van der Waals surface area (Å²) in [5.41, 5.74) is 4.01. The summed E-state index contributed by atoms with van der Waals surface area (Å²) in [6.45, 7) is 4.14. The molecule has 35 heavy (non-hydrogen) atoms. The molecule has 0 aromatic heterocycles. The zero-order valence-electron chi connectivity index (χ0n) is 19.7. The minimum absolute atomic E-state index is 0.150. The van der Waals surface area contributed by atoms with Crippen LogP contribution in [-0.4, -0.2) is 19.1 Å². The molecule has 0 atom stereocenters. The smallest absolute Gasteiger partial charge is 0.262 e. The molecule has 0 saturated heterocycles. The first-order valence-electron chi connectivity index (χ1n) is 11.4. The standard InChI is InChI=1S/C30H26N2O3/c1-3-34-29-18-22(17-24(19-31)27-13-7-10-23-9-4-5-12-26(23)27)14-15-28(29)35-20-30(33)32-25-11-6-8-21(2)16-25/h4-18H,3,20H2,1-2H3,(H,32,33)/b24-17-. The fraction of sp³-hybridized carbons (Fsp3) is 0.133. The molecule has 0 spiro atoms. The topological polar surface area (TPSA) is 71.3 Å². The third-order valence-corrected chi connectivity index (χ3v) is 5.44. The van der Waals surface area contributed by atoms with Crippen LogP contribution in [0.25, 0.3) is 22.4 Å². The number of benzene rings is 4. The average Bonchev–Trinajstić information content (AvgIpc) is 2.87. The Morgan fingerprint density at radius 3 is 2.54 bits per heavy atom. The van der Waals surface area contributed by atoms with Crippen molar-refractivity contribution in [2.24, 2.45) is 0 Å². The summed E-state index contributed by atoms with van der Waals surface area (Å²) in [5, 5.41) is 14.8. The third kappa shape index (κ3) is 5.87. The Morgan fingerprint density at radius 1 is 0.943 bits per heavy atom. The molecule has 0 aliphatic heterocycles. The molecule has 1 amide bonds. The van der Waals surface area contributed by atoms with Crippen LogP contribution in [0.2, 0.25) is 0 Å². The summed E-state index contributed by atoms with van der Waals surface area (Å²) in [6.07, 6.45) is 1.83. The van der Waals surface area contributed by atoms with E-state index in [1.165, 1.54) is 0 Å². The predicted octanol–water partition coefficient (Wildman–Crippen LogP) is 6.63. The number of hydrogen-bond donors (Lipinski definition) is 1. The number of nitrogens with one attached hydrogen (secondary N) is 1. The molecule has 1 N–H and O–H groups in total. The van der Waals surface area contributed by atoms with Gasteiger partial charge < -0.3 is 14.8 Å². The molecule has 174 valence electrons. The minimum atomic E-state index is -0.259. The van der Waals surface area contributed by atoms with Crippen molar-refractivity contribution < 1.29 is 14.3 Å². The van der Waals surface area contributed by atoms with Gasteiger partial charge in [-0.2, -0.15) is 5.26 Å². The van der Waals surface area contributed by atoms with Crippen molar-refractivity contribution in [1.29, 1.82) is 5.26 Å². The van der Waals surface area contributed by atoms with E-state index in [4.69, 9.17) is 9.47 Å². The normalized spacial score (nSPS) is 11.1. The number of aryl methyl sites for hydroxylation is 1. The van der Waals surface area contributed by atoms with E-state index in [0.717, 1.165) is 33.2 Å². The number of hydrogen-bond acceptors (Lipinski definition) is 4. The molecular weight excluding hydrogens is 436 g/mol. The van der Waals surface area contributed by atoms with E-state index in [2.05, 4.69) is 11.4 Å². The van der Waals surface area contributed by atoms with Gasteiger partial charge in [-0.05, 0) is 66.1 Å². The Kier molecular flexibility index (Phi) is 7.44. The summed E-state index contributed by atoms with van der Waals surface area (Å²) in [5.74, 6) is 0.719. The van der Waals surface area contributed by atoms with Crippen molar-refractivity contribution in [3.05, 3.63) is 102 Å². The van der Waals surface area contributed by atoms with Crippen LogP contribution in [0.5, 0.6) is 11.5 Å². The van der Waals surface area contributed by atoms with Crippen LogP contribution in [0.1, 0.15) is 23.6 Å². The molecule has 0 aliphatic carbocycles. The fourth-order valence-corrected chi connectivity index (χ4v) is 3.86.